The molecule has 2 amide bonds. The number of phenols is 1. The molecule has 6 heteroatoms. The Morgan fingerprint density at radius 2 is 1.76 bits per heavy atom. The lowest BCUT2D eigenvalue weighted by Gasteiger charge is -2.36. The van der Waals surface area contributed by atoms with Crippen LogP contribution >= 0.6 is 0 Å². The second-order valence-corrected chi connectivity index (χ2v) is 10.0. The van der Waals surface area contributed by atoms with Gasteiger partial charge in [0, 0.05) is 12.5 Å². The van der Waals surface area contributed by atoms with E-state index in [0.29, 0.717) is 38.6 Å². The van der Waals surface area contributed by atoms with E-state index in [1.54, 1.807) is 12.1 Å². The highest BCUT2D eigenvalue weighted by molar-refractivity contribution is 6.05. The summed E-state index contributed by atoms with van der Waals surface area (Å²) in [5.74, 6) is -1.76. The predicted molar refractivity (Wildman–Crippen MR) is 144 cm³/mol. The number of carbonyl (C=O) groups excluding carboxylic acids is 2. The van der Waals surface area contributed by atoms with Crippen molar-refractivity contribution in [2.45, 2.75) is 52.1 Å². The first-order valence-corrected chi connectivity index (χ1v) is 13.3. The van der Waals surface area contributed by atoms with Gasteiger partial charge in [0.25, 0.3) is 0 Å². The van der Waals surface area contributed by atoms with Crippen LogP contribution in [0.15, 0.2) is 65.7 Å². The summed E-state index contributed by atoms with van der Waals surface area (Å²) in [5.41, 5.74) is 4.75. The Balaban J connectivity index is 1.61. The molecule has 4 rings (SSSR count). The number of fused-ring (bicyclic) bond motifs is 1. The Bertz CT molecular complexity index is 1170. The lowest BCUT2D eigenvalue weighted by Crippen LogP contribution is -2.39. The zero-order valence-corrected chi connectivity index (χ0v) is 21.6. The highest BCUT2D eigenvalue weighted by Gasteiger charge is 2.54. The second kappa shape index (κ2) is 11.9. The Morgan fingerprint density at radius 1 is 1.05 bits per heavy atom. The second-order valence-electron chi connectivity index (χ2n) is 10.0. The van der Waals surface area contributed by atoms with Gasteiger partial charge in [-0.25, -0.2) is 0 Å². The summed E-state index contributed by atoms with van der Waals surface area (Å²) in [6.07, 6.45) is 4.04. The third kappa shape index (κ3) is 5.55. The number of allylic oxidation sites excluding steroid dienone is 2. The standard InChI is InChI=1S/C31H37NO5/c1-3-16-32-30(36)25-18-21(4-2)28(26(19-33)29(25)31(32)37)27(35)15-12-23(22-8-6-5-7-9-22)17-20-10-13-24(34)14-11-20/h5-11,13-14,17,25-27,29,33-35H,3-4,12,15-16,18-19H2,1-2H3/b23-17-/t25-,26+,27-,29-/m1/s1. The van der Waals surface area contributed by atoms with Crippen molar-refractivity contribution >= 4 is 23.5 Å². The third-order valence-electron chi connectivity index (χ3n) is 7.77. The number of benzene rings is 2. The molecule has 0 spiro atoms. The van der Waals surface area contributed by atoms with Crippen LogP contribution in [0.1, 0.15) is 57.1 Å². The molecule has 6 nitrogen and oxygen atoms in total. The normalized spacial score (nSPS) is 23.0. The molecule has 37 heavy (non-hydrogen) atoms. The zero-order chi connectivity index (χ0) is 26.5. The first kappa shape index (κ1) is 26.8. The molecule has 1 heterocycles. The fraction of sp³-hybridized carbons (Fsp3) is 0.419. The van der Waals surface area contributed by atoms with Crippen LogP contribution in [0.3, 0.4) is 0 Å². The number of aliphatic hydroxyl groups excluding tert-OH is 2. The van der Waals surface area contributed by atoms with E-state index in [4.69, 9.17) is 0 Å². The number of imide groups is 1. The fourth-order valence-electron chi connectivity index (χ4n) is 5.98. The molecule has 3 N–H and O–H groups in total. The van der Waals surface area contributed by atoms with Gasteiger partial charge in [-0.15, -0.1) is 0 Å². The minimum atomic E-state index is -0.830. The van der Waals surface area contributed by atoms with Crippen LogP contribution < -0.4 is 0 Å². The molecule has 1 saturated heterocycles. The number of likely N-dealkylation sites (tertiary alicyclic amines) is 1. The van der Waals surface area contributed by atoms with Crippen molar-refractivity contribution in [1.82, 2.24) is 4.90 Å². The van der Waals surface area contributed by atoms with Crippen molar-refractivity contribution in [3.8, 4) is 5.75 Å². The summed E-state index contributed by atoms with van der Waals surface area (Å²) in [6, 6.07) is 17.0. The molecule has 1 aliphatic carbocycles. The van der Waals surface area contributed by atoms with Crippen LogP contribution in [-0.2, 0) is 9.59 Å². The monoisotopic (exact) mass is 503 g/mol. The fourth-order valence-corrected chi connectivity index (χ4v) is 5.98. The largest absolute Gasteiger partial charge is 0.508 e. The van der Waals surface area contributed by atoms with E-state index >= 15 is 0 Å². The van der Waals surface area contributed by atoms with E-state index in [0.717, 1.165) is 27.8 Å². The van der Waals surface area contributed by atoms with E-state index in [-0.39, 0.29) is 24.2 Å². The predicted octanol–water partition coefficient (Wildman–Crippen LogP) is 4.80. The molecule has 0 saturated carbocycles. The maximum Gasteiger partial charge on any atom is 0.233 e. The van der Waals surface area contributed by atoms with Crippen molar-refractivity contribution in [1.29, 1.82) is 0 Å². The molecular weight excluding hydrogens is 466 g/mol. The van der Waals surface area contributed by atoms with E-state index in [1.165, 1.54) is 4.90 Å². The van der Waals surface area contributed by atoms with Crippen molar-refractivity contribution in [2.24, 2.45) is 17.8 Å². The molecule has 2 aliphatic rings. The van der Waals surface area contributed by atoms with Gasteiger partial charge in [0.1, 0.15) is 5.75 Å². The molecule has 196 valence electrons. The highest BCUT2D eigenvalue weighted by Crippen LogP contribution is 2.47. The smallest absolute Gasteiger partial charge is 0.233 e. The lowest BCUT2D eigenvalue weighted by atomic mass is 9.67. The van der Waals surface area contributed by atoms with Crippen molar-refractivity contribution < 1.29 is 24.9 Å². The Hall–Kier alpha value is -3.22. The van der Waals surface area contributed by atoms with Crippen molar-refractivity contribution in [3.05, 3.63) is 76.9 Å². The van der Waals surface area contributed by atoms with E-state index < -0.39 is 23.9 Å². The van der Waals surface area contributed by atoms with Gasteiger partial charge >= 0.3 is 0 Å². The Kier molecular flexibility index (Phi) is 8.62. The van der Waals surface area contributed by atoms with Gasteiger partial charge in [0.15, 0.2) is 0 Å². The van der Waals surface area contributed by atoms with E-state index in [9.17, 15) is 24.9 Å². The molecular formula is C31H37NO5. The van der Waals surface area contributed by atoms with Crippen LogP contribution in [-0.4, -0.2) is 51.3 Å². The minimum absolute atomic E-state index is 0.141. The van der Waals surface area contributed by atoms with Gasteiger partial charge in [0.05, 0.1) is 24.5 Å². The maximum absolute atomic E-state index is 13.2. The molecule has 1 aliphatic heterocycles. The van der Waals surface area contributed by atoms with Gasteiger partial charge < -0.3 is 15.3 Å². The average molecular weight is 504 g/mol. The number of aromatic hydroxyl groups is 1. The van der Waals surface area contributed by atoms with Crippen LogP contribution in [0.4, 0.5) is 0 Å². The average Bonchev–Trinajstić information content (AvgIpc) is 3.16. The van der Waals surface area contributed by atoms with E-state index in [2.05, 4.69) is 6.08 Å². The van der Waals surface area contributed by atoms with Crippen molar-refractivity contribution in [2.75, 3.05) is 13.2 Å². The van der Waals surface area contributed by atoms with E-state index in [1.807, 2.05) is 56.3 Å². The van der Waals surface area contributed by atoms with Gasteiger partial charge in [-0.3, -0.25) is 14.5 Å². The number of aliphatic hydroxyl groups is 2. The number of hydrogen-bond acceptors (Lipinski definition) is 5. The highest BCUT2D eigenvalue weighted by atomic mass is 16.3. The van der Waals surface area contributed by atoms with Crippen LogP contribution in [0, 0.1) is 17.8 Å². The molecule has 0 aromatic heterocycles. The first-order chi connectivity index (χ1) is 17.9. The van der Waals surface area contributed by atoms with Gasteiger partial charge in [-0.1, -0.05) is 68.0 Å². The number of amides is 2. The summed E-state index contributed by atoms with van der Waals surface area (Å²) < 4.78 is 0. The number of carbonyl (C=O) groups is 2. The lowest BCUT2D eigenvalue weighted by molar-refractivity contribution is -0.140. The number of hydrogen-bond donors (Lipinski definition) is 3. The summed E-state index contributed by atoms with van der Waals surface area (Å²) in [7, 11) is 0. The minimum Gasteiger partial charge on any atom is -0.508 e. The Labute approximate surface area is 218 Å². The molecule has 0 unspecified atom stereocenters. The number of phenolic OH excluding ortho intramolecular Hbond substituents is 1. The summed E-state index contributed by atoms with van der Waals surface area (Å²) in [6.45, 7) is 4.06. The van der Waals surface area contributed by atoms with Gasteiger partial charge in [0.2, 0.25) is 11.8 Å². The molecule has 1 fully saturated rings. The summed E-state index contributed by atoms with van der Waals surface area (Å²) >= 11 is 0. The molecule has 4 atom stereocenters. The van der Waals surface area contributed by atoms with Crippen LogP contribution in [0.5, 0.6) is 5.75 Å². The maximum atomic E-state index is 13.2. The van der Waals surface area contributed by atoms with Crippen LogP contribution in [0.25, 0.3) is 11.6 Å². The molecule has 0 bridgehead atoms. The first-order valence-electron chi connectivity index (χ1n) is 13.3. The summed E-state index contributed by atoms with van der Waals surface area (Å²) in [5, 5.41) is 31.5. The summed E-state index contributed by atoms with van der Waals surface area (Å²) in [4.78, 5) is 27.6. The number of rotatable bonds is 10. The quantitative estimate of drug-likeness (QED) is 0.246. The topological polar surface area (TPSA) is 98.1 Å². The SMILES string of the molecule is CCCN1C(=O)[C@@H]2[C@@H](CC(CC)=C([C@H](O)CC/C(=C/c3ccc(O)cc3)c3ccccc3)[C@@H]2CO)C1=O. The molecule has 0 radical (unpaired) electrons. The van der Waals surface area contributed by atoms with Crippen molar-refractivity contribution in [3.63, 3.8) is 0 Å². The molecule has 2 aromatic rings. The van der Waals surface area contributed by atoms with Crippen LogP contribution in [0.2, 0.25) is 0 Å². The van der Waals surface area contributed by atoms with Gasteiger partial charge in [-0.2, -0.15) is 0 Å². The van der Waals surface area contributed by atoms with Gasteiger partial charge in [-0.05, 0) is 66.5 Å². The Morgan fingerprint density at radius 3 is 2.38 bits per heavy atom. The zero-order valence-electron chi connectivity index (χ0n) is 21.6. The third-order valence-corrected chi connectivity index (χ3v) is 7.77. The molecule has 2 aromatic carbocycles. The number of nitrogens with zero attached hydrogens (tertiary/aromatic N) is 1.